The van der Waals surface area contributed by atoms with Crippen LogP contribution in [-0.2, 0) is 9.59 Å². The van der Waals surface area contributed by atoms with Gasteiger partial charge in [0.15, 0.2) is 0 Å². The highest BCUT2D eigenvalue weighted by Crippen LogP contribution is 2.38. The predicted molar refractivity (Wildman–Crippen MR) is 87.7 cm³/mol. The Morgan fingerprint density at radius 1 is 1.17 bits per heavy atom. The Labute approximate surface area is 135 Å². The summed E-state index contributed by atoms with van der Waals surface area (Å²) < 4.78 is 0. The lowest BCUT2D eigenvalue weighted by Gasteiger charge is -2.07. The standard InChI is InChI=1S/C17H23N3O3/c1-11-10-14(11)17(23)20-13-7-5-12(6-8-13)16(22)19-9-3-2-4-15(18)21/h5-8,11,14H,2-4,9-10H2,1H3,(H2,18,21)(H,19,22)(H,20,23)/t11-,14+/m1/s1. The van der Waals surface area contributed by atoms with Gasteiger partial charge in [-0.1, -0.05) is 6.92 Å². The van der Waals surface area contributed by atoms with Gasteiger partial charge in [-0.05, 0) is 49.4 Å². The summed E-state index contributed by atoms with van der Waals surface area (Å²) in [6.07, 6.45) is 2.66. The molecular formula is C17H23N3O3. The SMILES string of the molecule is C[C@@H]1C[C@@H]1C(=O)Nc1ccc(C(=O)NCCCCC(N)=O)cc1. The minimum atomic E-state index is -0.324. The molecule has 0 aliphatic heterocycles. The van der Waals surface area contributed by atoms with E-state index < -0.39 is 0 Å². The Morgan fingerprint density at radius 3 is 2.39 bits per heavy atom. The van der Waals surface area contributed by atoms with Gasteiger partial charge in [0.2, 0.25) is 11.8 Å². The third kappa shape index (κ3) is 5.39. The van der Waals surface area contributed by atoms with Gasteiger partial charge < -0.3 is 16.4 Å². The number of amides is 3. The van der Waals surface area contributed by atoms with Crippen LogP contribution in [0.25, 0.3) is 0 Å². The molecular weight excluding hydrogens is 294 g/mol. The number of hydrogen-bond acceptors (Lipinski definition) is 3. The van der Waals surface area contributed by atoms with Gasteiger partial charge in [-0.3, -0.25) is 14.4 Å². The van der Waals surface area contributed by atoms with E-state index in [2.05, 4.69) is 17.6 Å². The Hall–Kier alpha value is -2.37. The van der Waals surface area contributed by atoms with Crippen molar-refractivity contribution in [1.82, 2.24) is 5.32 Å². The highest BCUT2D eigenvalue weighted by molar-refractivity contribution is 5.96. The van der Waals surface area contributed by atoms with Gasteiger partial charge in [0.25, 0.3) is 5.91 Å². The lowest BCUT2D eigenvalue weighted by molar-refractivity contribution is -0.118. The second-order valence-electron chi connectivity index (χ2n) is 6.07. The quantitative estimate of drug-likeness (QED) is 0.636. The molecule has 0 bridgehead atoms. The minimum absolute atomic E-state index is 0.0455. The molecule has 1 aliphatic carbocycles. The summed E-state index contributed by atoms with van der Waals surface area (Å²) in [5.74, 6) is 0.143. The summed E-state index contributed by atoms with van der Waals surface area (Å²) >= 11 is 0. The molecule has 0 saturated heterocycles. The summed E-state index contributed by atoms with van der Waals surface area (Å²) in [6.45, 7) is 2.56. The maximum absolute atomic E-state index is 11.9. The van der Waals surface area contributed by atoms with Crippen LogP contribution in [0.2, 0.25) is 0 Å². The largest absolute Gasteiger partial charge is 0.370 e. The number of benzene rings is 1. The Kier molecular flexibility index (Phi) is 5.73. The third-order valence-corrected chi connectivity index (χ3v) is 4.00. The van der Waals surface area contributed by atoms with Gasteiger partial charge in [-0.15, -0.1) is 0 Å². The molecule has 0 spiro atoms. The molecule has 1 aromatic carbocycles. The van der Waals surface area contributed by atoms with Crippen molar-refractivity contribution >= 4 is 23.4 Å². The average molecular weight is 317 g/mol. The molecule has 2 atom stereocenters. The molecule has 1 aliphatic rings. The van der Waals surface area contributed by atoms with Crippen molar-refractivity contribution in [2.45, 2.75) is 32.6 Å². The van der Waals surface area contributed by atoms with E-state index in [9.17, 15) is 14.4 Å². The van der Waals surface area contributed by atoms with Crippen molar-refractivity contribution in [2.24, 2.45) is 17.6 Å². The number of anilines is 1. The van der Waals surface area contributed by atoms with Crippen molar-refractivity contribution in [1.29, 1.82) is 0 Å². The van der Waals surface area contributed by atoms with Gasteiger partial charge >= 0.3 is 0 Å². The normalized spacial score (nSPS) is 19.0. The lowest BCUT2D eigenvalue weighted by Crippen LogP contribution is -2.24. The van der Waals surface area contributed by atoms with E-state index >= 15 is 0 Å². The second-order valence-corrected chi connectivity index (χ2v) is 6.07. The summed E-state index contributed by atoms with van der Waals surface area (Å²) in [5.41, 5.74) is 6.29. The van der Waals surface area contributed by atoms with Crippen molar-refractivity contribution in [3.63, 3.8) is 0 Å². The van der Waals surface area contributed by atoms with E-state index in [1.165, 1.54) is 0 Å². The Balaban J connectivity index is 1.74. The molecule has 1 saturated carbocycles. The third-order valence-electron chi connectivity index (χ3n) is 4.00. The topological polar surface area (TPSA) is 101 Å². The van der Waals surface area contributed by atoms with Gasteiger partial charge in [-0.2, -0.15) is 0 Å². The maximum atomic E-state index is 11.9. The zero-order chi connectivity index (χ0) is 16.8. The summed E-state index contributed by atoms with van der Waals surface area (Å²) in [5, 5.41) is 5.65. The first-order valence-electron chi connectivity index (χ1n) is 7.95. The molecule has 0 aromatic heterocycles. The number of primary amides is 1. The molecule has 4 N–H and O–H groups in total. The second kappa shape index (κ2) is 7.76. The zero-order valence-corrected chi connectivity index (χ0v) is 13.3. The molecule has 1 aromatic rings. The fourth-order valence-electron chi connectivity index (χ4n) is 2.36. The first-order valence-corrected chi connectivity index (χ1v) is 7.95. The number of nitrogens with two attached hydrogens (primary N) is 1. The molecule has 23 heavy (non-hydrogen) atoms. The van der Waals surface area contributed by atoms with E-state index in [4.69, 9.17) is 5.73 Å². The van der Waals surface area contributed by atoms with Crippen molar-refractivity contribution in [3.8, 4) is 0 Å². The maximum Gasteiger partial charge on any atom is 0.251 e. The van der Waals surface area contributed by atoms with Crippen LogP contribution in [0.4, 0.5) is 5.69 Å². The molecule has 0 heterocycles. The number of carbonyl (C=O) groups is 3. The van der Waals surface area contributed by atoms with Crippen LogP contribution < -0.4 is 16.4 Å². The number of unbranched alkanes of at least 4 members (excludes halogenated alkanes) is 1. The van der Waals surface area contributed by atoms with Crippen LogP contribution in [0.1, 0.15) is 43.0 Å². The van der Waals surface area contributed by atoms with Crippen molar-refractivity contribution < 1.29 is 14.4 Å². The first kappa shape index (κ1) is 17.0. The molecule has 6 nitrogen and oxygen atoms in total. The van der Waals surface area contributed by atoms with Crippen molar-refractivity contribution in [2.75, 3.05) is 11.9 Å². The Morgan fingerprint density at radius 2 is 1.83 bits per heavy atom. The monoisotopic (exact) mass is 317 g/mol. The highest BCUT2D eigenvalue weighted by atomic mass is 16.2. The lowest BCUT2D eigenvalue weighted by atomic mass is 10.1. The molecule has 2 rings (SSSR count). The van der Waals surface area contributed by atoms with E-state index in [0.29, 0.717) is 43.0 Å². The van der Waals surface area contributed by atoms with E-state index in [1.54, 1.807) is 24.3 Å². The average Bonchev–Trinajstić information content (AvgIpc) is 3.24. The van der Waals surface area contributed by atoms with Crippen LogP contribution in [0, 0.1) is 11.8 Å². The molecule has 0 radical (unpaired) electrons. The number of nitrogens with one attached hydrogen (secondary N) is 2. The minimum Gasteiger partial charge on any atom is -0.370 e. The smallest absolute Gasteiger partial charge is 0.251 e. The fourth-order valence-corrected chi connectivity index (χ4v) is 2.36. The molecule has 6 heteroatoms. The predicted octanol–water partition coefficient (Wildman–Crippen LogP) is 1.67. The van der Waals surface area contributed by atoms with E-state index in [0.717, 1.165) is 6.42 Å². The zero-order valence-electron chi connectivity index (χ0n) is 13.3. The summed E-state index contributed by atoms with van der Waals surface area (Å²) in [7, 11) is 0. The Bertz CT molecular complexity index is 583. The molecule has 3 amide bonds. The number of carbonyl (C=O) groups excluding carboxylic acids is 3. The van der Waals surface area contributed by atoms with Crippen LogP contribution >= 0.6 is 0 Å². The van der Waals surface area contributed by atoms with E-state index in [-0.39, 0.29) is 23.6 Å². The molecule has 1 fully saturated rings. The summed E-state index contributed by atoms with van der Waals surface area (Å²) in [6, 6.07) is 6.83. The molecule has 0 unspecified atom stereocenters. The van der Waals surface area contributed by atoms with Gasteiger partial charge in [0.1, 0.15) is 0 Å². The number of hydrogen-bond donors (Lipinski definition) is 3. The van der Waals surface area contributed by atoms with Crippen LogP contribution in [0.3, 0.4) is 0 Å². The van der Waals surface area contributed by atoms with Gasteiger partial charge in [0.05, 0.1) is 0 Å². The number of rotatable bonds is 8. The van der Waals surface area contributed by atoms with Crippen LogP contribution in [0.15, 0.2) is 24.3 Å². The fraction of sp³-hybridized carbons (Fsp3) is 0.471. The van der Waals surface area contributed by atoms with Crippen LogP contribution in [-0.4, -0.2) is 24.3 Å². The van der Waals surface area contributed by atoms with E-state index in [1.807, 2.05) is 0 Å². The van der Waals surface area contributed by atoms with Crippen molar-refractivity contribution in [3.05, 3.63) is 29.8 Å². The summed E-state index contributed by atoms with van der Waals surface area (Å²) in [4.78, 5) is 34.4. The van der Waals surface area contributed by atoms with Crippen LogP contribution in [0.5, 0.6) is 0 Å². The van der Waals surface area contributed by atoms with Gasteiger partial charge in [-0.25, -0.2) is 0 Å². The van der Waals surface area contributed by atoms with Gasteiger partial charge in [0, 0.05) is 30.1 Å². The molecule has 124 valence electrons. The highest BCUT2D eigenvalue weighted by Gasteiger charge is 2.38. The first-order chi connectivity index (χ1) is 11.0.